The first-order chi connectivity index (χ1) is 13.0. The third-order valence-electron chi connectivity index (χ3n) is 5.19. The number of amides is 2. The molecule has 1 saturated carbocycles. The van der Waals surface area contributed by atoms with Crippen LogP contribution in [-0.2, 0) is 16.1 Å². The van der Waals surface area contributed by atoms with Gasteiger partial charge in [-0.05, 0) is 30.5 Å². The van der Waals surface area contributed by atoms with Crippen molar-refractivity contribution in [3.05, 3.63) is 23.8 Å². The van der Waals surface area contributed by atoms with Crippen molar-refractivity contribution in [2.75, 3.05) is 20.8 Å². The monoisotopic (exact) mass is 376 g/mol. The van der Waals surface area contributed by atoms with Crippen molar-refractivity contribution in [3.63, 3.8) is 0 Å². The molecule has 0 bridgehead atoms. The van der Waals surface area contributed by atoms with Gasteiger partial charge in [0, 0.05) is 32.5 Å². The van der Waals surface area contributed by atoms with Crippen molar-refractivity contribution in [3.8, 4) is 11.5 Å². The molecule has 27 heavy (non-hydrogen) atoms. The molecule has 0 aliphatic heterocycles. The standard InChI is InChI=1S/C21H32N2O4/c1-16(24)23(18-8-6-4-5-7-9-18)13-12-21(25)22-15-17-10-11-19(26-2)20(14-17)27-3/h10-11,14,18H,4-9,12-13,15H2,1-3H3,(H,22,25). The van der Waals surface area contributed by atoms with E-state index in [2.05, 4.69) is 5.32 Å². The number of carbonyl (C=O) groups is 2. The van der Waals surface area contributed by atoms with Crippen molar-refractivity contribution in [2.24, 2.45) is 0 Å². The number of ether oxygens (including phenoxy) is 2. The maximum atomic E-state index is 12.3. The highest BCUT2D eigenvalue weighted by molar-refractivity contribution is 5.78. The molecule has 0 atom stereocenters. The number of benzene rings is 1. The summed E-state index contributed by atoms with van der Waals surface area (Å²) in [5, 5.41) is 2.92. The Morgan fingerprint density at radius 2 is 1.74 bits per heavy atom. The third kappa shape index (κ3) is 6.45. The van der Waals surface area contributed by atoms with Gasteiger partial charge in [-0.1, -0.05) is 31.7 Å². The van der Waals surface area contributed by atoms with E-state index in [0.717, 1.165) is 18.4 Å². The lowest BCUT2D eigenvalue weighted by Gasteiger charge is -2.30. The van der Waals surface area contributed by atoms with Crippen molar-refractivity contribution in [1.29, 1.82) is 0 Å². The van der Waals surface area contributed by atoms with Gasteiger partial charge in [0.25, 0.3) is 0 Å². The van der Waals surface area contributed by atoms with Crippen molar-refractivity contribution in [2.45, 2.75) is 64.5 Å². The fraction of sp³-hybridized carbons (Fsp3) is 0.619. The van der Waals surface area contributed by atoms with Crippen LogP contribution in [0.5, 0.6) is 11.5 Å². The summed E-state index contributed by atoms with van der Waals surface area (Å²) in [6.07, 6.45) is 7.24. The molecule has 0 unspecified atom stereocenters. The predicted molar refractivity (Wildman–Crippen MR) is 105 cm³/mol. The lowest BCUT2D eigenvalue weighted by Crippen LogP contribution is -2.41. The zero-order valence-electron chi connectivity index (χ0n) is 16.8. The lowest BCUT2D eigenvalue weighted by molar-refractivity contribution is -0.132. The van der Waals surface area contributed by atoms with Gasteiger partial charge in [0.05, 0.1) is 14.2 Å². The maximum absolute atomic E-state index is 12.3. The van der Waals surface area contributed by atoms with Crippen LogP contribution in [-0.4, -0.2) is 43.5 Å². The Bertz CT molecular complexity index is 625. The van der Waals surface area contributed by atoms with Crippen molar-refractivity contribution in [1.82, 2.24) is 10.2 Å². The molecule has 1 fully saturated rings. The number of carbonyl (C=O) groups excluding carboxylic acids is 2. The van der Waals surface area contributed by atoms with Crippen LogP contribution in [0.2, 0.25) is 0 Å². The van der Waals surface area contributed by atoms with E-state index in [1.807, 2.05) is 23.1 Å². The van der Waals surface area contributed by atoms with E-state index in [4.69, 9.17) is 9.47 Å². The summed E-state index contributed by atoms with van der Waals surface area (Å²) in [6, 6.07) is 5.86. The minimum atomic E-state index is -0.0512. The van der Waals surface area contributed by atoms with Crippen LogP contribution in [0.3, 0.4) is 0 Å². The Hall–Kier alpha value is -2.24. The molecule has 1 aliphatic carbocycles. The molecule has 0 saturated heterocycles. The van der Waals surface area contributed by atoms with Gasteiger partial charge in [-0.3, -0.25) is 9.59 Å². The molecule has 6 heteroatoms. The summed E-state index contributed by atoms with van der Waals surface area (Å²) < 4.78 is 10.5. The zero-order valence-corrected chi connectivity index (χ0v) is 16.8. The van der Waals surface area contributed by atoms with Crippen LogP contribution >= 0.6 is 0 Å². The highest BCUT2D eigenvalue weighted by atomic mass is 16.5. The molecule has 1 N–H and O–H groups in total. The largest absolute Gasteiger partial charge is 0.493 e. The van der Waals surface area contributed by atoms with E-state index < -0.39 is 0 Å². The molecule has 1 aromatic carbocycles. The molecule has 0 spiro atoms. The first-order valence-electron chi connectivity index (χ1n) is 9.80. The molecule has 1 aromatic rings. The molecule has 2 rings (SSSR count). The van der Waals surface area contributed by atoms with Crippen LogP contribution in [0.1, 0.15) is 57.4 Å². The van der Waals surface area contributed by atoms with E-state index in [-0.39, 0.29) is 17.9 Å². The topological polar surface area (TPSA) is 67.9 Å². The number of nitrogens with one attached hydrogen (secondary N) is 1. The Kier molecular flexibility index (Phi) is 8.43. The van der Waals surface area contributed by atoms with Gasteiger partial charge >= 0.3 is 0 Å². The SMILES string of the molecule is COc1ccc(CNC(=O)CCN(C(C)=O)C2CCCCCC2)cc1OC. The van der Waals surface area contributed by atoms with E-state index in [0.29, 0.717) is 31.0 Å². The van der Waals surface area contributed by atoms with E-state index >= 15 is 0 Å². The van der Waals surface area contributed by atoms with Gasteiger partial charge in [0.2, 0.25) is 11.8 Å². The lowest BCUT2D eigenvalue weighted by atomic mass is 10.1. The molecular weight excluding hydrogens is 344 g/mol. The second-order valence-electron chi connectivity index (χ2n) is 7.07. The summed E-state index contributed by atoms with van der Waals surface area (Å²) >= 11 is 0. The van der Waals surface area contributed by atoms with Gasteiger partial charge in [-0.25, -0.2) is 0 Å². The predicted octanol–water partition coefficient (Wildman–Crippen LogP) is 3.28. The number of methoxy groups -OCH3 is 2. The van der Waals surface area contributed by atoms with E-state index in [9.17, 15) is 9.59 Å². The summed E-state index contributed by atoms with van der Waals surface area (Å²) in [5.74, 6) is 1.31. The molecule has 6 nitrogen and oxygen atoms in total. The van der Waals surface area contributed by atoms with E-state index in [1.54, 1.807) is 21.1 Å². The van der Waals surface area contributed by atoms with Crippen LogP contribution in [0.15, 0.2) is 18.2 Å². The van der Waals surface area contributed by atoms with Gasteiger partial charge < -0.3 is 19.7 Å². The molecule has 150 valence electrons. The van der Waals surface area contributed by atoms with Crippen molar-refractivity contribution >= 4 is 11.8 Å². The summed E-state index contributed by atoms with van der Waals surface area (Å²) in [5.41, 5.74) is 0.938. The number of rotatable bonds is 8. The van der Waals surface area contributed by atoms with E-state index in [1.165, 1.54) is 25.7 Å². The minimum Gasteiger partial charge on any atom is -0.493 e. The molecule has 1 aliphatic rings. The molecular formula is C21H32N2O4. The number of nitrogens with zero attached hydrogens (tertiary/aromatic N) is 1. The number of hydrogen-bond donors (Lipinski definition) is 1. The van der Waals surface area contributed by atoms with Crippen LogP contribution < -0.4 is 14.8 Å². The first-order valence-corrected chi connectivity index (χ1v) is 9.80. The average molecular weight is 376 g/mol. The van der Waals surface area contributed by atoms with Crippen LogP contribution in [0.4, 0.5) is 0 Å². The molecule has 2 amide bonds. The van der Waals surface area contributed by atoms with Crippen molar-refractivity contribution < 1.29 is 19.1 Å². The molecule has 0 aromatic heterocycles. The van der Waals surface area contributed by atoms with Gasteiger partial charge in [-0.2, -0.15) is 0 Å². The number of hydrogen-bond acceptors (Lipinski definition) is 4. The van der Waals surface area contributed by atoms with Gasteiger partial charge in [0.1, 0.15) is 0 Å². The second kappa shape index (κ2) is 10.8. The summed E-state index contributed by atoms with van der Waals surface area (Å²) in [6.45, 7) is 2.51. The highest BCUT2D eigenvalue weighted by Gasteiger charge is 2.22. The highest BCUT2D eigenvalue weighted by Crippen LogP contribution is 2.27. The van der Waals surface area contributed by atoms with Gasteiger partial charge in [-0.15, -0.1) is 0 Å². The Balaban J connectivity index is 1.84. The quantitative estimate of drug-likeness (QED) is 0.707. The minimum absolute atomic E-state index is 0.0512. The Labute approximate surface area is 162 Å². The fourth-order valence-corrected chi connectivity index (χ4v) is 3.67. The van der Waals surface area contributed by atoms with Crippen LogP contribution in [0, 0.1) is 0 Å². The summed E-state index contributed by atoms with van der Waals surface area (Å²) in [4.78, 5) is 26.2. The summed E-state index contributed by atoms with van der Waals surface area (Å²) in [7, 11) is 3.18. The zero-order chi connectivity index (χ0) is 19.6. The Morgan fingerprint density at radius 1 is 1.07 bits per heavy atom. The van der Waals surface area contributed by atoms with Gasteiger partial charge in [0.15, 0.2) is 11.5 Å². The van der Waals surface area contributed by atoms with Crippen LogP contribution in [0.25, 0.3) is 0 Å². The average Bonchev–Trinajstić information content (AvgIpc) is 2.95. The maximum Gasteiger partial charge on any atom is 0.222 e. The first kappa shape index (κ1) is 21.1. The molecule has 0 radical (unpaired) electrons. The third-order valence-corrected chi connectivity index (χ3v) is 5.19. The molecule has 0 heterocycles. The smallest absolute Gasteiger partial charge is 0.222 e. The second-order valence-corrected chi connectivity index (χ2v) is 7.07. The normalized spacial score (nSPS) is 14.9. The fourth-order valence-electron chi connectivity index (χ4n) is 3.67. The Morgan fingerprint density at radius 3 is 2.33 bits per heavy atom.